The van der Waals surface area contributed by atoms with Gasteiger partial charge in [0.05, 0.1) is 5.69 Å². The number of hydrogen-bond acceptors (Lipinski definition) is 2. The van der Waals surface area contributed by atoms with Gasteiger partial charge in [0.15, 0.2) is 0 Å². The highest BCUT2D eigenvalue weighted by Gasteiger charge is 2.14. The molecule has 3 heteroatoms. The average Bonchev–Trinajstić information content (AvgIpc) is 2.68. The quantitative estimate of drug-likeness (QED) is 0.778. The van der Waals surface area contributed by atoms with Crippen molar-refractivity contribution in [2.45, 2.75) is 39.5 Å². The Kier molecular flexibility index (Phi) is 3.24. The van der Waals surface area contributed by atoms with Crippen molar-refractivity contribution in [3.63, 3.8) is 0 Å². The summed E-state index contributed by atoms with van der Waals surface area (Å²) < 4.78 is 2.05. The molecule has 0 saturated heterocycles. The lowest BCUT2D eigenvalue weighted by Gasteiger charge is -2.18. The maximum Gasteiger partial charge on any atom is 0.136 e. The van der Waals surface area contributed by atoms with Gasteiger partial charge in [-0.1, -0.05) is 33.8 Å². The largest absolute Gasteiger partial charge is 0.307 e. The van der Waals surface area contributed by atoms with Crippen molar-refractivity contribution in [3.05, 3.63) is 35.8 Å². The molecule has 0 bridgehead atoms. The van der Waals surface area contributed by atoms with Gasteiger partial charge in [-0.25, -0.2) is 4.98 Å². The van der Waals surface area contributed by atoms with Crippen molar-refractivity contribution < 1.29 is 4.79 Å². The highest BCUT2D eigenvalue weighted by atomic mass is 16.1. The molecule has 0 amide bonds. The number of hydrogen-bond donors (Lipinski definition) is 0. The molecule has 1 unspecified atom stereocenters. The molecule has 0 fully saturated rings. The molecule has 1 atom stereocenters. The minimum Gasteiger partial charge on any atom is -0.307 e. The van der Waals surface area contributed by atoms with Gasteiger partial charge in [0, 0.05) is 24.7 Å². The Hall–Kier alpha value is -1.64. The van der Waals surface area contributed by atoms with Crippen LogP contribution in [0.15, 0.2) is 24.5 Å². The molecule has 96 valence electrons. The van der Waals surface area contributed by atoms with E-state index in [0.717, 1.165) is 17.6 Å². The molecule has 2 heterocycles. The van der Waals surface area contributed by atoms with Crippen molar-refractivity contribution in [1.82, 2.24) is 9.38 Å². The number of carbonyl (C=O) groups is 1. The molecule has 0 spiro atoms. The Morgan fingerprint density at radius 2 is 2.06 bits per heavy atom. The van der Waals surface area contributed by atoms with Crippen molar-refractivity contribution in [2.24, 2.45) is 5.92 Å². The third kappa shape index (κ3) is 2.61. The Morgan fingerprint density at radius 1 is 1.33 bits per heavy atom. The molecule has 0 aromatic carbocycles. The van der Waals surface area contributed by atoms with Crippen LogP contribution in [0.5, 0.6) is 0 Å². The van der Waals surface area contributed by atoms with Crippen molar-refractivity contribution in [1.29, 1.82) is 0 Å². The van der Waals surface area contributed by atoms with Gasteiger partial charge in [0.25, 0.3) is 0 Å². The first-order valence-electron chi connectivity index (χ1n) is 6.33. The topological polar surface area (TPSA) is 34.4 Å². The van der Waals surface area contributed by atoms with Gasteiger partial charge in [-0.2, -0.15) is 0 Å². The zero-order chi connectivity index (χ0) is 13.3. The second-order valence-electron chi connectivity index (χ2n) is 5.98. The van der Waals surface area contributed by atoms with Crippen LogP contribution in [-0.2, 0) is 16.6 Å². The van der Waals surface area contributed by atoms with E-state index in [-0.39, 0.29) is 11.3 Å². The Bertz CT molecular complexity index is 563. The fourth-order valence-electron chi connectivity index (χ4n) is 1.96. The van der Waals surface area contributed by atoms with Gasteiger partial charge in [-0.05, 0) is 17.0 Å². The van der Waals surface area contributed by atoms with Gasteiger partial charge in [0.1, 0.15) is 11.9 Å². The van der Waals surface area contributed by atoms with Crippen LogP contribution in [0.2, 0.25) is 0 Å². The van der Waals surface area contributed by atoms with Crippen LogP contribution in [-0.4, -0.2) is 15.7 Å². The Morgan fingerprint density at radius 3 is 2.67 bits per heavy atom. The number of imidazole rings is 1. The van der Waals surface area contributed by atoms with E-state index in [1.54, 1.807) is 0 Å². The summed E-state index contributed by atoms with van der Waals surface area (Å²) in [7, 11) is 0. The van der Waals surface area contributed by atoms with Crippen LogP contribution in [0, 0.1) is 5.92 Å². The fourth-order valence-corrected chi connectivity index (χ4v) is 1.96. The summed E-state index contributed by atoms with van der Waals surface area (Å²) in [4.78, 5) is 15.2. The first kappa shape index (κ1) is 12.8. The normalized spacial score (nSPS) is 13.8. The van der Waals surface area contributed by atoms with Gasteiger partial charge < -0.3 is 9.20 Å². The number of aldehydes is 1. The zero-order valence-corrected chi connectivity index (χ0v) is 11.5. The lowest BCUT2D eigenvalue weighted by atomic mass is 9.88. The molecule has 0 aliphatic rings. The molecular formula is C15H20N2O. The molecule has 2 rings (SSSR count). The maximum atomic E-state index is 10.7. The summed E-state index contributed by atoms with van der Waals surface area (Å²) in [5.41, 5.74) is 3.33. The summed E-state index contributed by atoms with van der Waals surface area (Å²) in [5.74, 6) is 0.0250. The smallest absolute Gasteiger partial charge is 0.136 e. The molecule has 0 radical (unpaired) electrons. The number of aromatic nitrogens is 2. The van der Waals surface area contributed by atoms with E-state index < -0.39 is 0 Å². The lowest BCUT2D eigenvalue weighted by Crippen LogP contribution is -2.11. The summed E-state index contributed by atoms with van der Waals surface area (Å²) in [6.07, 6.45) is 5.82. The lowest BCUT2D eigenvalue weighted by molar-refractivity contribution is -0.110. The van der Waals surface area contributed by atoms with Crippen molar-refractivity contribution in [3.8, 4) is 0 Å². The molecule has 18 heavy (non-hydrogen) atoms. The molecule has 3 nitrogen and oxygen atoms in total. The summed E-state index contributed by atoms with van der Waals surface area (Å²) in [5, 5.41) is 0. The van der Waals surface area contributed by atoms with Gasteiger partial charge in [0.2, 0.25) is 0 Å². The third-order valence-electron chi connectivity index (χ3n) is 3.13. The number of carbonyl (C=O) groups excluding carboxylic acids is 1. The van der Waals surface area contributed by atoms with Crippen LogP contribution in [0.1, 0.15) is 39.0 Å². The van der Waals surface area contributed by atoms with E-state index in [1.807, 2.05) is 23.6 Å². The molecule has 0 N–H and O–H groups in total. The first-order chi connectivity index (χ1) is 8.40. The second-order valence-corrected chi connectivity index (χ2v) is 5.98. The van der Waals surface area contributed by atoms with Crippen LogP contribution in [0.25, 0.3) is 5.65 Å². The number of pyridine rings is 1. The maximum absolute atomic E-state index is 10.7. The highest BCUT2D eigenvalue weighted by molar-refractivity contribution is 5.53. The van der Waals surface area contributed by atoms with Crippen LogP contribution >= 0.6 is 0 Å². The van der Waals surface area contributed by atoms with E-state index in [2.05, 4.69) is 38.0 Å². The predicted molar refractivity (Wildman–Crippen MR) is 72.8 cm³/mol. The summed E-state index contributed by atoms with van der Waals surface area (Å²) in [6, 6.07) is 4.16. The molecule has 0 aliphatic heterocycles. The SMILES string of the molecule is CC(C=O)Cc1cn2cc(C(C)(C)C)ccc2n1. The average molecular weight is 244 g/mol. The number of nitrogens with zero attached hydrogens (tertiary/aromatic N) is 2. The molecule has 0 saturated carbocycles. The van der Waals surface area contributed by atoms with E-state index in [9.17, 15) is 4.79 Å². The van der Waals surface area contributed by atoms with Gasteiger partial charge in [-0.15, -0.1) is 0 Å². The van der Waals surface area contributed by atoms with Crippen LogP contribution < -0.4 is 0 Å². The number of rotatable bonds is 3. The summed E-state index contributed by atoms with van der Waals surface area (Å²) in [6.45, 7) is 8.50. The second kappa shape index (κ2) is 4.56. The molecule has 0 aliphatic carbocycles. The van der Waals surface area contributed by atoms with Crippen LogP contribution in [0.3, 0.4) is 0 Å². The Labute approximate surface area is 108 Å². The minimum atomic E-state index is 0.0250. The molecule has 2 aromatic heterocycles. The zero-order valence-electron chi connectivity index (χ0n) is 11.5. The third-order valence-corrected chi connectivity index (χ3v) is 3.13. The van der Waals surface area contributed by atoms with Crippen molar-refractivity contribution >= 4 is 11.9 Å². The van der Waals surface area contributed by atoms with E-state index in [4.69, 9.17) is 0 Å². The monoisotopic (exact) mass is 244 g/mol. The van der Waals surface area contributed by atoms with E-state index in [0.29, 0.717) is 6.42 Å². The predicted octanol–water partition coefficient (Wildman–Crippen LogP) is 3.01. The van der Waals surface area contributed by atoms with Gasteiger partial charge in [-0.3, -0.25) is 0 Å². The first-order valence-corrected chi connectivity index (χ1v) is 6.33. The molecule has 2 aromatic rings. The van der Waals surface area contributed by atoms with E-state index >= 15 is 0 Å². The van der Waals surface area contributed by atoms with E-state index in [1.165, 1.54) is 5.56 Å². The van der Waals surface area contributed by atoms with Gasteiger partial charge >= 0.3 is 0 Å². The van der Waals surface area contributed by atoms with Crippen LogP contribution in [0.4, 0.5) is 0 Å². The standard InChI is InChI=1S/C15H20N2O/c1-11(10-18)7-13-9-17-8-12(15(2,3)4)5-6-14(17)16-13/h5-6,8-11H,7H2,1-4H3. The Balaban J connectivity index is 2.37. The summed E-state index contributed by atoms with van der Waals surface area (Å²) >= 11 is 0. The fraction of sp³-hybridized carbons (Fsp3) is 0.467. The van der Waals surface area contributed by atoms with Crippen molar-refractivity contribution in [2.75, 3.05) is 0 Å². The highest BCUT2D eigenvalue weighted by Crippen LogP contribution is 2.22. The number of fused-ring (bicyclic) bond motifs is 1. The minimum absolute atomic E-state index is 0.0250. The molecular weight excluding hydrogens is 224 g/mol.